The highest BCUT2D eigenvalue weighted by molar-refractivity contribution is 5.73. The van der Waals surface area contributed by atoms with E-state index >= 15 is 0 Å². The zero-order valence-electron chi connectivity index (χ0n) is 5.71. The van der Waals surface area contributed by atoms with E-state index in [1.165, 1.54) is 0 Å². The van der Waals surface area contributed by atoms with Crippen LogP contribution in [0.5, 0.6) is 0 Å². The topological polar surface area (TPSA) is 75.3 Å². The minimum atomic E-state index is -0.909. The Bertz CT molecular complexity index is 134. The van der Waals surface area contributed by atoms with Crippen molar-refractivity contribution in [2.75, 3.05) is 6.54 Å². The van der Waals surface area contributed by atoms with Gasteiger partial charge in [0.15, 0.2) is 0 Å². The zero-order valence-corrected chi connectivity index (χ0v) is 5.71. The van der Waals surface area contributed by atoms with E-state index in [1.807, 2.05) is 0 Å². The highest BCUT2D eigenvalue weighted by Gasteiger charge is 2.22. The molecular weight excluding hydrogens is 132 g/mol. The number of hydrogen-bond acceptors (Lipinski definition) is 3. The van der Waals surface area contributed by atoms with Crippen LogP contribution in [0.3, 0.4) is 0 Å². The summed E-state index contributed by atoms with van der Waals surface area (Å²) in [6, 6.07) is -0.358. The summed E-state index contributed by atoms with van der Waals surface area (Å²) < 4.78 is 0. The van der Waals surface area contributed by atoms with Crippen LogP contribution in [0, 0.1) is 0 Å². The molecule has 1 rings (SSSR count). The van der Waals surface area contributed by atoms with E-state index in [4.69, 9.17) is 10.8 Å². The Kier molecular flexibility index (Phi) is 2.24. The standard InChI is InChI=1S/C6H12N2O2/c7-5(6(9)10)3-4-1-2-8-4/h4-5,8H,1-3,7H2,(H,9,10)/t4-,5-/m0/s1. The van der Waals surface area contributed by atoms with Crippen LogP contribution in [-0.2, 0) is 4.79 Å². The van der Waals surface area contributed by atoms with Gasteiger partial charge < -0.3 is 16.2 Å². The SMILES string of the molecule is N[C@@H](C[C@@H]1CCN1)C(=O)O. The normalized spacial score (nSPS) is 27.1. The van der Waals surface area contributed by atoms with Crippen LogP contribution in [0.25, 0.3) is 0 Å². The summed E-state index contributed by atoms with van der Waals surface area (Å²) in [5.74, 6) is -0.909. The van der Waals surface area contributed by atoms with Crippen molar-refractivity contribution in [1.82, 2.24) is 5.32 Å². The van der Waals surface area contributed by atoms with Gasteiger partial charge in [-0.1, -0.05) is 0 Å². The molecule has 1 saturated heterocycles. The first kappa shape index (κ1) is 7.50. The van der Waals surface area contributed by atoms with E-state index in [0.29, 0.717) is 12.5 Å². The maximum atomic E-state index is 10.2. The monoisotopic (exact) mass is 144 g/mol. The van der Waals surface area contributed by atoms with Crippen molar-refractivity contribution in [3.05, 3.63) is 0 Å². The number of nitrogens with two attached hydrogens (primary N) is 1. The fourth-order valence-electron chi connectivity index (χ4n) is 0.957. The summed E-state index contributed by atoms with van der Waals surface area (Å²) in [4.78, 5) is 10.2. The molecule has 1 aliphatic rings. The maximum Gasteiger partial charge on any atom is 0.320 e. The average Bonchev–Trinajstić information content (AvgIpc) is 1.77. The molecule has 0 unspecified atom stereocenters. The van der Waals surface area contributed by atoms with Gasteiger partial charge in [-0.3, -0.25) is 4.79 Å². The van der Waals surface area contributed by atoms with Crippen LogP contribution in [0.15, 0.2) is 0 Å². The molecule has 0 aromatic carbocycles. The van der Waals surface area contributed by atoms with Crippen LogP contribution in [0.2, 0.25) is 0 Å². The number of nitrogens with one attached hydrogen (secondary N) is 1. The summed E-state index contributed by atoms with van der Waals surface area (Å²) in [5, 5.41) is 11.5. The van der Waals surface area contributed by atoms with Gasteiger partial charge >= 0.3 is 5.97 Å². The Hall–Kier alpha value is -0.610. The molecule has 4 N–H and O–H groups in total. The lowest BCUT2D eigenvalue weighted by atomic mass is 9.99. The molecule has 4 heteroatoms. The lowest BCUT2D eigenvalue weighted by Crippen LogP contribution is -2.48. The molecule has 1 heterocycles. The molecule has 10 heavy (non-hydrogen) atoms. The first-order valence-electron chi connectivity index (χ1n) is 3.42. The molecule has 0 aromatic heterocycles. The molecule has 2 atom stereocenters. The van der Waals surface area contributed by atoms with Crippen molar-refractivity contribution in [1.29, 1.82) is 0 Å². The summed E-state index contributed by atoms with van der Waals surface area (Å²) >= 11 is 0. The van der Waals surface area contributed by atoms with E-state index in [0.717, 1.165) is 13.0 Å². The molecule has 0 spiro atoms. The fourth-order valence-corrected chi connectivity index (χ4v) is 0.957. The molecule has 0 radical (unpaired) electrons. The van der Waals surface area contributed by atoms with Gasteiger partial charge in [-0.2, -0.15) is 0 Å². The second kappa shape index (κ2) is 2.98. The minimum absolute atomic E-state index is 0.339. The van der Waals surface area contributed by atoms with Gasteiger partial charge in [0.25, 0.3) is 0 Å². The predicted octanol–water partition coefficient (Wildman–Crippen LogP) is -0.850. The Labute approximate surface area is 59.4 Å². The fraction of sp³-hybridized carbons (Fsp3) is 0.833. The van der Waals surface area contributed by atoms with Gasteiger partial charge in [-0.05, 0) is 19.4 Å². The maximum absolute atomic E-state index is 10.2. The Morgan fingerprint density at radius 2 is 2.50 bits per heavy atom. The highest BCUT2D eigenvalue weighted by Crippen LogP contribution is 2.07. The van der Waals surface area contributed by atoms with E-state index < -0.39 is 12.0 Å². The molecule has 0 aliphatic carbocycles. The number of aliphatic carboxylic acids is 1. The van der Waals surface area contributed by atoms with Crippen molar-refractivity contribution in [2.45, 2.75) is 24.9 Å². The second-order valence-corrected chi connectivity index (χ2v) is 2.62. The van der Waals surface area contributed by atoms with Crippen molar-refractivity contribution in [3.63, 3.8) is 0 Å². The number of carboxylic acids is 1. The lowest BCUT2D eigenvalue weighted by Gasteiger charge is -2.28. The Morgan fingerprint density at radius 3 is 2.80 bits per heavy atom. The first-order chi connectivity index (χ1) is 4.70. The van der Waals surface area contributed by atoms with Crippen molar-refractivity contribution in [3.8, 4) is 0 Å². The van der Waals surface area contributed by atoms with Crippen molar-refractivity contribution < 1.29 is 9.90 Å². The van der Waals surface area contributed by atoms with E-state index in [-0.39, 0.29) is 0 Å². The largest absolute Gasteiger partial charge is 0.480 e. The molecule has 4 nitrogen and oxygen atoms in total. The molecule has 0 saturated carbocycles. The van der Waals surface area contributed by atoms with Crippen LogP contribution in [-0.4, -0.2) is 29.7 Å². The average molecular weight is 144 g/mol. The van der Waals surface area contributed by atoms with Crippen molar-refractivity contribution in [2.24, 2.45) is 5.73 Å². The Morgan fingerprint density at radius 1 is 1.90 bits per heavy atom. The number of rotatable bonds is 3. The third kappa shape index (κ3) is 1.68. The molecule has 58 valence electrons. The predicted molar refractivity (Wildman–Crippen MR) is 36.6 cm³/mol. The van der Waals surface area contributed by atoms with E-state index in [2.05, 4.69) is 5.32 Å². The quantitative estimate of drug-likeness (QED) is 0.482. The Balaban J connectivity index is 2.16. The number of carbonyl (C=O) groups is 1. The van der Waals surface area contributed by atoms with Gasteiger partial charge in [-0.25, -0.2) is 0 Å². The molecule has 0 amide bonds. The van der Waals surface area contributed by atoms with E-state index in [9.17, 15) is 4.79 Å². The lowest BCUT2D eigenvalue weighted by molar-refractivity contribution is -0.138. The summed E-state index contributed by atoms with van der Waals surface area (Å²) in [6.07, 6.45) is 1.61. The van der Waals surface area contributed by atoms with Gasteiger partial charge in [0.1, 0.15) is 6.04 Å². The third-order valence-corrected chi connectivity index (χ3v) is 1.78. The van der Waals surface area contributed by atoms with E-state index in [1.54, 1.807) is 0 Å². The van der Waals surface area contributed by atoms with Crippen LogP contribution < -0.4 is 11.1 Å². The first-order valence-corrected chi connectivity index (χ1v) is 3.42. The summed E-state index contributed by atoms with van der Waals surface area (Å²) in [5.41, 5.74) is 5.29. The van der Waals surface area contributed by atoms with Gasteiger partial charge in [0.2, 0.25) is 0 Å². The molecule has 1 aliphatic heterocycles. The zero-order chi connectivity index (χ0) is 7.56. The van der Waals surface area contributed by atoms with Gasteiger partial charge in [0, 0.05) is 6.04 Å². The molecular formula is C6H12N2O2. The van der Waals surface area contributed by atoms with Crippen LogP contribution in [0.1, 0.15) is 12.8 Å². The second-order valence-electron chi connectivity index (χ2n) is 2.62. The smallest absolute Gasteiger partial charge is 0.320 e. The summed E-state index contributed by atoms with van der Waals surface area (Å²) in [7, 11) is 0. The number of carboxylic acid groups (broad SMARTS) is 1. The molecule has 1 fully saturated rings. The van der Waals surface area contributed by atoms with Gasteiger partial charge in [0.05, 0.1) is 0 Å². The number of hydrogen-bond donors (Lipinski definition) is 3. The van der Waals surface area contributed by atoms with Crippen LogP contribution in [0.4, 0.5) is 0 Å². The summed E-state index contributed by atoms with van der Waals surface area (Å²) in [6.45, 7) is 0.997. The van der Waals surface area contributed by atoms with Crippen LogP contribution >= 0.6 is 0 Å². The molecule has 0 bridgehead atoms. The molecule has 0 aromatic rings. The van der Waals surface area contributed by atoms with Crippen molar-refractivity contribution >= 4 is 5.97 Å². The highest BCUT2D eigenvalue weighted by atomic mass is 16.4. The van der Waals surface area contributed by atoms with Gasteiger partial charge in [-0.15, -0.1) is 0 Å². The minimum Gasteiger partial charge on any atom is -0.480 e. The third-order valence-electron chi connectivity index (χ3n) is 1.78.